The van der Waals surface area contributed by atoms with Crippen molar-refractivity contribution in [3.63, 3.8) is 0 Å². The zero-order valence-electron chi connectivity index (χ0n) is 12.1. The van der Waals surface area contributed by atoms with E-state index in [2.05, 4.69) is 5.32 Å². The van der Waals surface area contributed by atoms with Crippen molar-refractivity contribution >= 4 is 5.91 Å². The van der Waals surface area contributed by atoms with Gasteiger partial charge in [0, 0.05) is 6.04 Å². The van der Waals surface area contributed by atoms with Crippen LogP contribution < -0.4 is 5.32 Å². The Bertz CT molecular complexity index is 547. The van der Waals surface area contributed by atoms with Gasteiger partial charge in [0.1, 0.15) is 0 Å². The zero-order valence-corrected chi connectivity index (χ0v) is 12.1. The number of hydrogen-bond donors (Lipinski definition) is 1. The van der Waals surface area contributed by atoms with E-state index in [9.17, 15) is 31.1 Å². The number of benzene rings is 1. The number of carbonyl (C=O) groups is 1. The van der Waals surface area contributed by atoms with E-state index in [-0.39, 0.29) is 18.1 Å². The van der Waals surface area contributed by atoms with E-state index < -0.39 is 41.0 Å². The second kappa shape index (κ2) is 6.18. The van der Waals surface area contributed by atoms with Gasteiger partial charge in [0.2, 0.25) is 0 Å². The lowest BCUT2D eigenvalue weighted by molar-refractivity contribution is -0.141. The highest BCUT2D eigenvalue weighted by atomic mass is 19.4. The predicted molar refractivity (Wildman–Crippen MR) is 68.2 cm³/mol. The van der Waals surface area contributed by atoms with Crippen molar-refractivity contribution in [3.05, 3.63) is 34.9 Å². The van der Waals surface area contributed by atoms with E-state index in [0.717, 1.165) is 0 Å². The van der Waals surface area contributed by atoms with Gasteiger partial charge in [-0.25, -0.2) is 0 Å². The summed E-state index contributed by atoms with van der Waals surface area (Å²) < 4.78 is 76.5. The molecule has 2 nitrogen and oxygen atoms in total. The standard InChI is InChI=1S/C14H15F6NO/c1-7(2)8(3)21-12(22)10-6-9(13(15,16)17)4-5-11(10)14(18,19)20/h4-8H,1-3H3,(H,21,22). The summed E-state index contributed by atoms with van der Waals surface area (Å²) in [5.41, 5.74) is -3.73. The minimum atomic E-state index is -4.92. The Balaban J connectivity index is 3.31. The maximum absolute atomic E-state index is 12.9. The first-order valence-corrected chi connectivity index (χ1v) is 6.43. The van der Waals surface area contributed by atoms with Crippen molar-refractivity contribution in [1.29, 1.82) is 0 Å². The number of alkyl halides is 6. The summed E-state index contributed by atoms with van der Waals surface area (Å²) in [6.07, 6.45) is -9.75. The van der Waals surface area contributed by atoms with Crippen LogP contribution in [0.3, 0.4) is 0 Å². The zero-order chi connectivity index (χ0) is 17.3. The van der Waals surface area contributed by atoms with E-state index in [4.69, 9.17) is 0 Å². The van der Waals surface area contributed by atoms with Crippen LogP contribution in [0.25, 0.3) is 0 Å². The maximum Gasteiger partial charge on any atom is 0.417 e. The van der Waals surface area contributed by atoms with Crippen LogP contribution in [-0.2, 0) is 12.4 Å². The topological polar surface area (TPSA) is 29.1 Å². The number of halogens is 6. The fourth-order valence-electron chi connectivity index (χ4n) is 1.61. The van der Waals surface area contributed by atoms with Crippen LogP contribution in [0.4, 0.5) is 26.3 Å². The van der Waals surface area contributed by atoms with Gasteiger partial charge in [0.15, 0.2) is 0 Å². The molecule has 0 fully saturated rings. The third kappa shape index (κ3) is 4.38. The van der Waals surface area contributed by atoms with Gasteiger partial charge in [-0.1, -0.05) is 13.8 Å². The molecule has 1 amide bonds. The van der Waals surface area contributed by atoms with Crippen molar-refractivity contribution in [2.24, 2.45) is 5.92 Å². The Morgan fingerprint density at radius 2 is 1.55 bits per heavy atom. The highest BCUT2D eigenvalue weighted by Crippen LogP contribution is 2.36. The quantitative estimate of drug-likeness (QED) is 0.814. The number of hydrogen-bond acceptors (Lipinski definition) is 1. The molecule has 0 saturated heterocycles. The van der Waals surface area contributed by atoms with Crippen LogP contribution in [-0.4, -0.2) is 11.9 Å². The molecule has 0 spiro atoms. The maximum atomic E-state index is 12.9. The first-order chi connectivity index (χ1) is 9.84. The SMILES string of the molecule is CC(C)C(C)NC(=O)c1cc(C(F)(F)F)ccc1C(F)(F)F. The van der Waals surface area contributed by atoms with Gasteiger partial charge in [-0.05, 0) is 31.0 Å². The van der Waals surface area contributed by atoms with Crippen molar-refractivity contribution in [1.82, 2.24) is 5.32 Å². The molecule has 0 heterocycles. The molecule has 0 radical (unpaired) electrons. The van der Waals surface area contributed by atoms with Crippen LogP contribution in [0.1, 0.15) is 42.3 Å². The Labute approximate surface area is 123 Å². The van der Waals surface area contributed by atoms with Crippen molar-refractivity contribution in [2.75, 3.05) is 0 Å². The molecule has 1 aromatic carbocycles. The Kier molecular flexibility index (Phi) is 5.14. The van der Waals surface area contributed by atoms with E-state index >= 15 is 0 Å². The van der Waals surface area contributed by atoms with Crippen molar-refractivity contribution in [3.8, 4) is 0 Å². The fourth-order valence-corrected chi connectivity index (χ4v) is 1.61. The number of rotatable bonds is 3. The molecule has 1 N–H and O–H groups in total. The van der Waals surface area contributed by atoms with Crippen molar-refractivity contribution in [2.45, 2.75) is 39.2 Å². The number of carbonyl (C=O) groups excluding carboxylic acids is 1. The molecule has 1 unspecified atom stereocenters. The Morgan fingerprint density at radius 1 is 1.00 bits per heavy atom. The summed E-state index contributed by atoms with van der Waals surface area (Å²) in [4.78, 5) is 11.9. The Morgan fingerprint density at radius 3 is 1.95 bits per heavy atom. The Hall–Kier alpha value is -1.73. The number of amides is 1. The van der Waals surface area contributed by atoms with E-state index in [1.807, 2.05) is 0 Å². The smallest absolute Gasteiger partial charge is 0.349 e. The van der Waals surface area contributed by atoms with Gasteiger partial charge < -0.3 is 5.32 Å². The molecule has 1 atom stereocenters. The van der Waals surface area contributed by atoms with Crippen molar-refractivity contribution < 1.29 is 31.1 Å². The van der Waals surface area contributed by atoms with Gasteiger partial charge in [0.25, 0.3) is 5.91 Å². The summed E-state index contributed by atoms with van der Waals surface area (Å²) in [6, 6.07) is 0.331. The van der Waals surface area contributed by atoms with Crippen LogP contribution in [0.5, 0.6) is 0 Å². The summed E-state index contributed by atoms with van der Waals surface area (Å²) in [5, 5.41) is 2.28. The summed E-state index contributed by atoms with van der Waals surface area (Å²) in [6.45, 7) is 5.01. The lowest BCUT2D eigenvalue weighted by Gasteiger charge is -2.20. The molecule has 1 aromatic rings. The van der Waals surface area contributed by atoms with E-state index in [1.165, 1.54) is 0 Å². The average molecular weight is 327 g/mol. The van der Waals surface area contributed by atoms with Gasteiger partial charge in [0.05, 0.1) is 16.7 Å². The minimum absolute atomic E-state index is 0.0796. The molecule has 22 heavy (non-hydrogen) atoms. The average Bonchev–Trinajstić information content (AvgIpc) is 2.35. The molecule has 0 aliphatic carbocycles. The second-order valence-electron chi connectivity index (χ2n) is 5.26. The van der Waals surface area contributed by atoms with Crippen LogP contribution in [0.15, 0.2) is 18.2 Å². The second-order valence-corrected chi connectivity index (χ2v) is 5.26. The summed E-state index contributed by atoms with van der Waals surface area (Å²) in [7, 11) is 0. The molecule has 1 rings (SSSR count). The molecule has 0 aromatic heterocycles. The first-order valence-electron chi connectivity index (χ1n) is 6.43. The molecule has 0 aliphatic heterocycles. The van der Waals surface area contributed by atoms with Gasteiger partial charge in [-0.2, -0.15) is 26.3 Å². The lowest BCUT2D eigenvalue weighted by atomic mass is 10.0. The monoisotopic (exact) mass is 327 g/mol. The highest BCUT2D eigenvalue weighted by molar-refractivity contribution is 5.96. The molecule has 8 heteroatoms. The normalized spacial score (nSPS) is 14.1. The minimum Gasteiger partial charge on any atom is -0.349 e. The van der Waals surface area contributed by atoms with E-state index in [1.54, 1.807) is 20.8 Å². The van der Waals surface area contributed by atoms with Gasteiger partial charge in [-0.15, -0.1) is 0 Å². The fraction of sp³-hybridized carbons (Fsp3) is 0.500. The molecule has 0 aliphatic rings. The summed E-state index contributed by atoms with van der Waals surface area (Å²) in [5.74, 6) is -1.26. The lowest BCUT2D eigenvalue weighted by Crippen LogP contribution is -2.37. The molecule has 0 bridgehead atoms. The number of nitrogens with one attached hydrogen (secondary N) is 1. The van der Waals surface area contributed by atoms with Gasteiger partial charge >= 0.3 is 12.4 Å². The molecule has 124 valence electrons. The van der Waals surface area contributed by atoms with Gasteiger partial charge in [-0.3, -0.25) is 4.79 Å². The summed E-state index contributed by atoms with van der Waals surface area (Å²) >= 11 is 0. The molecular formula is C14H15F6NO. The largest absolute Gasteiger partial charge is 0.417 e. The highest BCUT2D eigenvalue weighted by Gasteiger charge is 2.38. The molecular weight excluding hydrogens is 312 g/mol. The van der Waals surface area contributed by atoms with Crippen LogP contribution in [0.2, 0.25) is 0 Å². The third-order valence-corrected chi connectivity index (χ3v) is 3.26. The van der Waals surface area contributed by atoms with Crippen LogP contribution >= 0.6 is 0 Å². The predicted octanol–water partition coefficient (Wildman–Crippen LogP) is 4.50. The third-order valence-electron chi connectivity index (χ3n) is 3.26. The first kappa shape index (κ1) is 18.3. The molecule has 0 saturated carbocycles. The van der Waals surface area contributed by atoms with E-state index in [0.29, 0.717) is 6.07 Å². The van der Waals surface area contributed by atoms with Crippen LogP contribution in [0, 0.1) is 5.92 Å².